The number of hydrogen-bond donors (Lipinski definition) is 3. The Balaban J connectivity index is 2.45. The molecule has 3 atom stereocenters. The Morgan fingerprint density at radius 3 is 2.81 bits per heavy atom. The molecule has 1 rings (SSSR count). The average molecular weight is 230 g/mol. The molecule has 1 amide bonds. The van der Waals surface area contributed by atoms with Gasteiger partial charge in [0.25, 0.3) is 0 Å². The van der Waals surface area contributed by atoms with Gasteiger partial charge in [0, 0.05) is 6.04 Å². The van der Waals surface area contributed by atoms with Crippen LogP contribution in [0.25, 0.3) is 0 Å². The molecule has 0 aromatic heterocycles. The molecular weight excluding hydrogens is 208 g/mol. The third-order valence-electron chi connectivity index (χ3n) is 2.94. The molecule has 0 spiro atoms. The second kappa shape index (κ2) is 6.83. The highest BCUT2D eigenvalue weighted by Crippen LogP contribution is 2.14. The van der Waals surface area contributed by atoms with Crippen molar-refractivity contribution in [3.05, 3.63) is 0 Å². The van der Waals surface area contributed by atoms with Gasteiger partial charge in [0.2, 0.25) is 5.91 Å². The minimum absolute atomic E-state index is 0.0122. The van der Waals surface area contributed by atoms with Gasteiger partial charge in [0.1, 0.15) is 0 Å². The van der Waals surface area contributed by atoms with Crippen LogP contribution in [0, 0.1) is 5.92 Å². The lowest BCUT2D eigenvalue weighted by Gasteiger charge is -2.21. The van der Waals surface area contributed by atoms with Crippen LogP contribution in [-0.2, 0) is 9.53 Å². The van der Waals surface area contributed by atoms with E-state index >= 15 is 0 Å². The van der Waals surface area contributed by atoms with Crippen molar-refractivity contribution in [2.75, 3.05) is 26.4 Å². The normalized spacial score (nSPS) is 26.7. The van der Waals surface area contributed by atoms with Crippen molar-refractivity contribution in [2.24, 2.45) is 5.92 Å². The fourth-order valence-electron chi connectivity index (χ4n) is 1.86. The lowest BCUT2D eigenvalue weighted by molar-refractivity contribution is -0.126. The van der Waals surface area contributed by atoms with Gasteiger partial charge in [0.15, 0.2) is 0 Å². The van der Waals surface area contributed by atoms with Crippen molar-refractivity contribution in [1.82, 2.24) is 10.6 Å². The van der Waals surface area contributed by atoms with Crippen LogP contribution < -0.4 is 10.6 Å². The average Bonchev–Trinajstić information content (AvgIpc) is 2.74. The summed E-state index contributed by atoms with van der Waals surface area (Å²) in [7, 11) is 0. The zero-order chi connectivity index (χ0) is 12.0. The molecule has 2 unspecified atom stereocenters. The van der Waals surface area contributed by atoms with Crippen LogP contribution in [0.3, 0.4) is 0 Å². The SMILES string of the molecule is CCNC1COCC1C(=O)N[C@@H](CC)CO. The van der Waals surface area contributed by atoms with Crippen LogP contribution in [0.15, 0.2) is 0 Å². The number of carbonyl (C=O) groups is 1. The smallest absolute Gasteiger partial charge is 0.227 e. The molecule has 5 heteroatoms. The Morgan fingerprint density at radius 2 is 2.25 bits per heavy atom. The van der Waals surface area contributed by atoms with Gasteiger partial charge in [-0.3, -0.25) is 4.79 Å². The van der Waals surface area contributed by atoms with E-state index < -0.39 is 0 Å². The molecule has 94 valence electrons. The number of amides is 1. The molecule has 0 aromatic carbocycles. The van der Waals surface area contributed by atoms with Crippen LogP contribution in [-0.4, -0.2) is 49.5 Å². The monoisotopic (exact) mass is 230 g/mol. The van der Waals surface area contributed by atoms with E-state index in [2.05, 4.69) is 10.6 Å². The van der Waals surface area contributed by atoms with Gasteiger partial charge < -0.3 is 20.5 Å². The summed E-state index contributed by atoms with van der Waals surface area (Å²) in [4.78, 5) is 11.9. The Kier molecular flexibility index (Phi) is 5.73. The summed E-state index contributed by atoms with van der Waals surface area (Å²) in [6.45, 7) is 5.81. The van der Waals surface area contributed by atoms with E-state index in [0.29, 0.717) is 13.2 Å². The number of likely N-dealkylation sites (N-methyl/N-ethyl adjacent to an activating group) is 1. The van der Waals surface area contributed by atoms with Crippen molar-refractivity contribution in [2.45, 2.75) is 32.4 Å². The highest BCUT2D eigenvalue weighted by molar-refractivity contribution is 5.80. The van der Waals surface area contributed by atoms with Crippen LogP contribution in [0.5, 0.6) is 0 Å². The first kappa shape index (κ1) is 13.4. The first-order valence-corrected chi connectivity index (χ1v) is 5.95. The fourth-order valence-corrected chi connectivity index (χ4v) is 1.86. The molecule has 1 heterocycles. The summed E-state index contributed by atoms with van der Waals surface area (Å²) in [5, 5.41) is 15.1. The van der Waals surface area contributed by atoms with Crippen LogP contribution in [0.1, 0.15) is 20.3 Å². The van der Waals surface area contributed by atoms with E-state index in [9.17, 15) is 4.79 Å². The van der Waals surface area contributed by atoms with E-state index in [1.165, 1.54) is 0 Å². The number of aliphatic hydroxyl groups is 1. The van der Waals surface area contributed by atoms with E-state index in [1.54, 1.807) is 0 Å². The molecule has 0 aromatic rings. The third kappa shape index (κ3) is 3.43. The van der Waals surface area contributed by atoms with E-state index in [1.807, 2.05) is 13.8 Å². The lowest BCUT2D eigenvalue weighted by Crippen LogP contribution is -2.47. The molecule has 0 saturated carbocycles. The summed E-state index contributed by atoms with van der Waals surface area (Å²) in [5.74, 6) is -0.162. The number of carbonyl (C=O) groups excluding carboxylic acids is 1. The molecule has 0 aliphatic carbocycles. The van der Waals surface area contributed by atoms with E-state index in [-0.39, 0.29) is 30.5 Å². The van der Waals surface area contributed by atoms with Crippen LogP contribution in [0.4, 0.5) is 0 Å². The quantitative estimate of drug-likeness (QED) is 0.575. The summed E-state index contributed by atoms with van der Waals surface area (Å²) in [6, 6.07) is -0.0448. The highest BCUT2D eigenvalue weighted by Gasteiger charge is 2.33. The van der Waals surface area contributed by atoms with Gasteiger partial charge in [-0.05, 0) is 13.0 Å². The maximum atomic E-state index is 11.9. The van der Waals surface area contributed by atoms with Crippen molar-refractivity contribution in [1.29, 1.82) is 0 Å². The predicted molar refractivity (Wildman–Crippen MR) is 61.1 cm³/mol. The molecule has 1 aliphatic rings. The van der Waals surface area contributed by atoms with E-state index in [4.69, 9.17) is 9.84 Å². The number of nitrogens with one attached hydrogen (secondary N) is 2. The van der Waals surface area contributed by atoms with Crippen molar-refractivity contribution < 1.29 is 14.6 Å². The van der Waals surface area contributed by atoms with Crippen molar-refractivity contribution in [3.8, 4) is 0 Å². The van der Waals surface area contributed by atoms with Gasteiger partial charge in [0.05, 0.1) is 31.8 Å². The summed E-state index contributed by atoms with van der Waals surface area (Å²) in [6.07, 6.45) is 0.738. The Morgan fingerprint density at radius 1 is 1.50 bits per heavy atom. The molecule has 0 radical (unpaired) electrons. The minimum Gasteiger partial charge on any atom is -0.394 e. The largest absolute Gasteiger partial charge is 0.394 e. The molecule has 3 N–H and O–H groups in total. The van der Waals surface area contributed by atoms with Gasteiger partial charge in [-0.15, -0.1) is 0 Å². The van der Waals surface area contributed by atoms with Gasteiger partial charge in [-0.25, -0.2) is 0 Å². The number of hydrogen-bond acceptors (Lipinski definition) is 4. The molecule has 0 bridgehead atoms. The molecule has 5 nitrogen and oxygen atoms in total. The van der Waals surface area contributed by atoms with Crippen molar-refractivity contribution in [3.63, 3.8) is 0 Å². The first-order valence-electron chi connectivity index (χ1n) is 5.95. The number of rotatable bonds is 6. The minimum atomic E-state index is -0.143. The first-order chi connectivity index (χ1) is 7.72. The fraction of sp³-hybridized carbons (Fsp3) is 0.909. The number of aliphatic hydroxyl groups excluding tert-OH is 1. The maximum Gasteiger partial charge on any atom is 0.227 e. The lowest BCUT2D eigenvalue weighted by atomic mass is 10.0. The van der Waals surface area contributed by atoms with E-state index in [0.717, 1.165) is 13.0 Å². The summed E-state index contributed by atoms with van der Waals surface area (Å²) >= 11 is 0. The molecule has 1 saturated heterocycles. The van der Waals surface area contributed by atoms with Crippen LogP contribution >= 0.6 is 0 Å². The standard InChI is InChI=1S/C11H22N2O3/c1-3-8(5-14)13-11(15)9-6-16-7-10(9)12-4-2/h8-10,12,14H,3-7H2,1-2H3,(H,13,15)/t8-,9?,10?/m0/s1. The highest BCUT2D eigenvalue weighted by atomic mass is 16.5. The zero-order valence-corrected chi connectivity index (χ0v) is 10.0. The zero-order valence-electron chi connectivity index (χ0n) is 10.0. The summed E-state index contributed by atoms with van der Waals surface area (Å²) < 4.78 is 5.31. The second-order valence-electron chi connectivity index (χ2n) is 4.10. The third-order valence-corrected chi connectivity index (χ3v) is 2.94. The van der Waals surface area contributed by atoms with Crippen LogP contribution in [0.2, 0.25) is 0 Å². The molecule has 1 fully saturated rings. The predicted octanol–water partition coefficient (Wildman–Crippen LogP) is -0.502. The number of ether oxygens (including phenoxy) is 1. The summed E-state index contributed by atoms with van der Waals surface area (Å²) in [5.41, 5.74) is 0. The molecule has 16 heavy (non-hydrogen) atoms. The Hall–Kier alpha value is -0.650. The Bertz CT molecular complexity index is 219. The Labute approximate surface area is 96.6 Å². The topological polar surface area (TPSA) is 70.6 Å². The maximum absolute atomic E-state index is 11.9. The second-order valence-corrected chi connectivity index (χ2v) is 4.10. The van der Waals surface area contributed by atoms with Crippen molar-refractivity contribution >= 4 is 5.91 Å². The van der Waals surface area contributed by atoms with Gasteiger partial charge >= 0.3 is 0 Å². The molecular formula is C11H22N2O3. The van der Waals surface area contributed by atoms with Gasteiger partial charge in [-0.1, -0.05) is 13.8 Å². The van der Waals surface area contributed by atoms with Gasteiger partial charge in [-0.2, -0.15) is 0 Å². The molecule has 1 aliphatic heterocycles.